The minimum absolute atomic E-state index is 0.00187. The lowest BCUT2D eigenvalue weighted by atomic mass is 9.97. The number of nitrogens with zero attached hydrogens (tertiary/aromatic N) is 3. The van der Waals surface area contributed by atoms with Crippen LogP contribution in [0.5, 0.6) is 0 Å². The van der Waals surface area contributed by atoms with Gasteiger partial charge in [-0.05, 0) is 43.5 Å². The molecule has 1 aliphatic rings. The van der Waals surface area contributed by atoms with Crippen LogP contribution in [0.15, 0.2) is 29.2 Å². The molecule has 0 amide bonds. The van der Waals surface area contributed by atoms with Gasteiger partial charge in [-0.25, -0.2) is 4.68 Å². The molecule has 0 saturated carbocycles. The molecular formula is C19H26N4O. The van der Waals surface area contributed by atoms with Gasteiger partial charge in [-0.15, -0.1) is 0 Å². The third kappa shape index (κ3) is 3.36. The Labute approximate surface area is 143 Å². The molecule has 0 radical (unpaired) electrons. The minimum Gasteiger partial charge on any atom is -0.354 e. The Morgan fingerprint density at radius 2 is 2.08 bits per heavy atom. The number of nitrogens with one attached hydrogen (secondary N) is 1. The fourth-order valence-electron chi connectivity index (χ4n) is 3.30. The Hall–Kier alpha value is -2.14. The molecule has 5 nitrogen and oxygen atoms in total. The third-order valence-electron chi connectivity index (χ3n) is 4.74. The Bertz CT molecular complexity index is 781. The van der Waals surface area contributed by atoms with Crippen LogP contribution in [0.4, 0.5) is 11.4 Å². The van der Waals surface area contributed by atoms with E-state index in [1.165, 1.54) is 15.8 Å². The molecule has 2 aromatic rings. The van der Waals surface area contributed by atoms with E-state index in [1.807, 2.05) is 0 Å². The van der Waals surface area contributed by atoms with Crippen molar-refractivity contribution in [2.45, 2.75) is 39.2 Å². The minimum atomic E-state index is -0.00187. The van der Waals surface area contributed by atoms with Crippen LogP contribution in [0.1, 0.15) is 36.5 Å². The molecule has 5 heteroatoms. The second-order valence-corrected chi connectivity index (χ2v) is 6.63. The lowest BCUT2D eigenvalue weighted by Gasteiger charge is -2.27. The molecule has 0 aliphatic carbocycles. The summed E-state index contributed by atoms with van der Waals surface area (Å²) in [5, 5.41) is 7.70. The quantitative estimate of drug-likeness (QED) is 0.918. The van der Waals surface area contributed by atoms with Gasteiger partial charge in [0.15, 0.2) is 0 Å². The van der Waals surface area contributed by atoms with Crippen molar-refractivity contribution in [3.63, 3.8) is 0 Å². The van der Waals surface area contributed by atoms with Gasteiger partial charge in [-0.1, -0.05) is 25.5 Å². The summed E-state index contributed by atoms with van der Waals surface area (Å²) >= 11 is 0. The van der Waals surface area contributed by atoms with Gasteiger partial charge in [0.05, 0.1) is 11.9 Å². The molecule has 128 valence electrons. The molecule has 1 N–H and O–H groups in total. The highest BCUT2D eigenvalue weighted by Gasteiger charge is 2.17. The predicted molar refractivity (Wildman–Crippen MR) is 97.9 cm³/mol. The van der Waals surface area contributed by atoms with E-state index in [2.05, 4.69) is 47.5 Å². The van der Waals surface area contributed by atoms with Crippen LogP contribution in [-0.2, 0) is 26.4 Å². The number of benzene rings is 1. The van der Waals surface area contributed by atoms with Crippen LogP contribution in [-0.4, -0.2) is 28.3 Å². The summed E-state index contributed by atoms with van der Waals surface area (Å²) in [5.41, 5.74) is 5.50. The monoisotopic (exact) mass is 326 g/mol. The first-order chi connectivity index (χ1) is 11.6. The maximum absolute atomic E-state index is 12.5. The Morgan fingerprint density at radius 1 is 1.25 bits per heavy atom. The molecule has 2 heterocycles. The Balaban J connectivity index is 1.96. The summed E-state index contributed by atoms with van der Waals surface area (Å²) in [5.74, 6) is 0. The van der Waals surface area contributed by atoms with Crippen molar-refractivity contribution in [1.29, 1.82) is 0 Å². The summed E-state index contributed by atoms with van der Waals surface area (Å²) in [6.45, 7) is 4.17. The van der Waals surface area contributed by atoms with Gasteiger partial charge < -0.3 is 10.2 Å². The lowest BCUT2D eigenvalue weighted by Crippen LogP contribution is -2.27. The Kier molecular flexibility index (Phi) is 5.00. The molecule has 1 aliphatic heterocycles. The van der Waals surface area contributed by atoms with Crippen molar-refractivity contribution in [2.24, 2.45) is 7.05 Å². The van der Waals surface area contributed by atoms with Crippen LogP contribution in [0.2, 0.25) is 0 Å². The van der Waals surface area contributed by atoms with Crippen molar-refractivity contribution in [1.82, 2.24) is 14.7 Å². The van der Waals surface area contributed by atoms with Crippen LogP contribution >= 0.6 is 0 Å². The molecule has 0 spiro atoms. The van der Waals surface area contributed by atoms with Gasteiger partial charge in [0, 0.05) is 31.4 Å². The molecule has 3 rings (SSSR count). The molecule has 1 aromatic heterocycles. The standard InChI is InChI=1S/C19H26N4O/c1-4-5-8-16-18(12-20-23(3)19(16)24)21-17-9-6-7-14-13-22(2)11-10-15(14)17/h6-7,9,12,21H,4-5,8,10-11,13H2,1-3H3. The number of likely N-dealkylation sites (N-methyl/N-ethyl adjacent to an activating group) is 1. The predicted octanol–water partition coefficient (Wildman–Crippen LogP) is 2.85. The normalized spacial score (nSPS) is 14.5. The van der Waals surface area contributed by atoms with E-state index < -0.39 is 0 Å². The largest absolute Gasteiger partial charge is 0.354 e. The molecule has 0 atom stereocenters. The summed E-state index contributed by atoms with van der Waals surface area (Å²) in [7, 11) is 3.86. The lowest BCUT2D eigenvalue weighted by molar-refractivity contribution is 0.313. The van der Waals surface area contributed by atoms with Gasteiger partial charge in [-0.2, -0.15) is 5.10 Å². The van der Waals surface area contributed by atoms with Gasteiger partial charge in [0.25, 0.3) is 5.56 Å². The SMILES string of the molecule is CCCCc1c(Nc2cccc3c2CCN(C)C3)cnn(C)c1=O. The fourth-order valence-corrected chi connectivity index (χ4v) is 3.30. The number of fused-ring (bicyclic) bond motifs is 1. The van der Waals surface area contributed by atoms with Crippen molar-refractivity contribution in [2.75, 3.05) is 18.9 Å². The van der Waals surface area contributed by atoms with E-state index in [4.69, 9.17) is 0 Å². The number of aryl methyl sites for hydroxylation is 1. The average molecular weight is 326 g/mol. The third-order valence-corrected chi connectivity index (χ3v) is 4.74. The van der Waals surface area contributed by atoms with Gasteiger partial charge >= 0.3 is 0 Å². The number of unbranched alkanes of at least 4 members (excludes halogenated alkanes) is 1. The molecule has 0 bridgehead atoms. The second kappa shape index (κ2) is 7.18. The topological polar surface area (TPSA) is 50.2 Å². The molecular weight excluding hydrogens is 300 g/mol. The molecule has 0 fully saturated rings. The smallest absolute Gasteiger partial charge is 0.271 e. The van der Waals surface area contributed by atoms with Crippen LogP contribution in [0.25, 0.3) is 0 Å². The molecule has 0 saturated heterocycles. The number of rotatable bonds is 5. The van der Waals surface area contributed by atoms with Crippen molar-refractivity contribution < 1.29 is 0 Å². The number of anilines is 2. The molecule has 24 heavy (non-hydrogen) atoms. The van der Waals surface area contributed by atoms with E-state index in [0.717, 1.165) is 55.7 Å². The summed E-state index contributed by atoms with van der Waals surface area (Å²) < 4.78 is 1.42. The van der Waals surface area contributed by atoms with Crippen LogP contribution in [0, 0.1) is 0 Å². The number of aromatic nitrogens is 2. The van der Waals surface area contributed by atoms with E-state index in [-0.39, 0.29) is 5.56 Å². The van der Waals surface area contributed by atoms with E-state index in [0.29, 0.717) is 0 Å². The maximum Gasteiger partial charge on any atom is 0.271 e. The van der Waals surface area contributed by atoms with E-state index >= 15 is 0 Å². The summed E-state index contributed by atoms with van der Waals surface area (Å²) in [6.07, 6.45) is 5.66. The average Bonchev–Trinajstić information content (AvgIpc) is 2.57. The van der Waals surface area contributed by atoms with Crippen molar-refractivity contribution in [3.05, 3.63) is 51.4 Å². The fraction of sp³-hybridized carbons (Fsp3) is 0.474. The number of hydrogen-bond acceptors (Lipinski definition) is 4. The van der Waals surface area contributed by atoms with Crippen molar-refractivity contribution in [3.8, 4) is 0 Å². The highest BCUT2D eigenvalue weighted by molar-refractivity contribution is 5.66. The zero-order valence-electron chi connectivity index (χ0n) is 14.8. The first kappa shape index (κ1) is 16.7. The zero-order valence-corrected chi connectivity index (χ0v) is 14.8. The van der Waals surface area contributed by atoms with Gasteiger partial charge in [0.1, 0.15) is 0 Å². The second-order valence-electron chi connectivity index (χ2n) is 6.63. The van der Waals surface area contributed by atoms with Crippen molar-refractivity contribution >= 4 is 11.4 Å². The summed E-state index contributed by atoms with van der Waals surface area (Å²) in [6, 6.07) is 6.38. The molecule has 0 unspecified atom stereocenters. The van der Waals surface area contributed by atoms with Gasteiger partial charge in [-0.3, -0.25) is 4.79 Å². The van der Waals surface area contributed by atoms with Crippen LogP contribution in [0.3, 0.4) is 0 Å². The Morgan fingerprint density at radius 3 is 2.88 bits per heavy atom. The number of hydrogen-bond donors (Lipinski definition) is 1. The summed E-state index contributed by atoms with van der Waals surface area (Å²) in [4.78, 5) is 14.8. The van der Waals surface area contributed by atoms with Crippen LogP contribution < -0.4 is 10.9 Å². The zero-order chi connectivity index (χ0) is 17.1. The first-order valence-electron chi connectivity index (χ1n) is 8.71. The van der Waals surface area contributed by atoms with E-state index in [9.17, 15) is 4.79 Å². The highest BCUT2D eigenvalue weighted by Crippen LogP contribution is 2.28. The maximum atomic E-state index is 12.5. The first-order valence-corrected chi connectivity index (χ1v) is 8.71. The van der Waals surface area contributed by atoms with E-state index in [1.54, 1.807) is 13.2 Å². The molecule has 1 aromatic carbocycles. The highest BCUT2D eigenvalue weighted by atomic mass is 16.1. The van der Waals surface area contributed by atoms with Gasteiger partial charge in [0.2, 0.25) is 0 Å².